The monoisotopic (exact) mass is 1220 g/mol. The highest BCUT2D eigenvalue weighted by Crippen LogP contribution is 2.67. The summed E-state index contributed by atoms with van der Waals surface area (Å²) in [7, 11) is -29.0. The zero-order chi connectivity index (χ0) is 57.4. The maximum atomic E-state index is 12.1. The summed E-state index contributed by atoms with van der Waals surface area (Å²) in [6.07, 6.45) is -4.31. The summed E-state index contributed by atoms with van der Waals surface area (Å²) in [6, 6.07) is 0. The molecule has 4 unspecified atom stereocenters. The molecule has 42 nitrogen and oxygen atoms in total. The van der Waals surface area contributed by atoms with E-state index in [4.69, 9.17) is 40.5 Å². The molecule has 6 aromatic rings. The molecule has 16 N–H and O–H groups in total. The lowest BCUT2D eigenvalue weighted by molar-refractivity contribution is -0.722. The third-order valence-corrected chi connectivity index (χ3v) is 18.3. The summed E-state index contributed by atoms with van der Waals surface area (Å²) in [4.78, 5) is 91.2. The van der Waals surface area contributed by atoms with Gasteiger partial charge in [-0.25, -0.2) is 47.3 Å². The number of hydrogen-bond donors (Lipinski definition) is 14. The Morgan fingerprint density at radius 2 is 1.05 bits per heavy atom. The number of nitrogens with two attached hydrogens (primary N) is 2. The molecular weight excluding hydrogens is 1170 g/mol. The van der Waals surface area contributed by atoms with Crippen molar-refractivity contribution in [1.82, 2.24) is 64.4 Å². The molecule has 2 saturated heterocycles. The van der Waals surface area contributed by atoms with E-state index in [2.05, 4.69) is 71.9 Å². The largest absolute Gasteiger partial charge is 0.490 e. The van der Waals surface area contributed by atoms with Crippen LogP contribution in [0.4, 0.5) is 11.6 Å². The number of aliphatic hydroxyl groups is 4. The lowest BCUT2D eigenvalue weighted by atomic mass is 9.96. The first-order valence-corrected chi connectivity index (χ1v) is 29.7. The molecule has 0 spiro atoms. The Kier molecular flexibility index (Phi) is 16.6. The number of hydrogen-bond acceptors (Lipinski definition) is 29. The molecule has 77 heavy (non-hydrogen) atoms. The van der Waals surface area contributed by atoms with Crippen LogP contribution in [0, 0.1) is 0 Å². The van der Waals surface area contributed by atoms with Gasteiger partial charge in [-0.3, -0.25) is 9.05 Å². The van der Waals surface area contributed by atoms with Gasteiger partial charge in [0.25, 0.3) is 0 Å². The lowest BCUT2D eigenvalue weighted by Crippen LogP contribution is -2.44. The van der Waals surface area contributed by atoms with Gasteiger partial charge in [-0.15, -0.1) is 14.9 Å². The predicted molar refractivity (Wildman–Crippen MR) is 244 cm³/mol. The summed E-state index contributed by atoms with van der Waals surface area (Å²) in [6.45, 7) is 0.377. The van der Waals surface area contributed by atoms with Gasteiger partial charge in [-0.2, -0.15) is 22.0 Å². The molecule has 0 radical (unpaired) electrons. The second-order valence-corrected chi connectivity index (χ2v) is 25.5. The summed E-state index contributed by atoms with van der Waals surface area (Å²) in [5.74, 6) is 0.547. The molecule has 8 rings (SSSR count). The van der Waals surface area contributed by atoms with Crippen molar-refractivity contribution in [2.45, 2.75) is 61.9 Å². The van der Waals surface area contributed by atoms with Crippen LogP contribution in [0.15, 0.2) is 25.0 Å². The van der Waals surface area contributed by atoms with Crippen molar-refractivity contribution in [3.05, 3.63) is 25.0 Å². The van der Waals surface area contributed by atoms with E-state index in [-0.39, 0.29) is 34.1 Å². The van der Waals surface area contributed by atoms with Gasteiger partial charge in [0.15, 0.2) is 12.5 Å². The maximum absolute atomic E-state index is 12.1. The summed E-state index contributed by atoms with van der Waals surface area (Å²) >= 11 is 0. The quantitative estimate of drug-likeness (QED) is 0.0294. The highest BCUT2D eigenvalue weighted by atomic mass is 31.3. The van der Waals surface area contributed by atoms with Crippen LogP contribution < -0.4 is 16.1 Å². The SMILES string of the molecule is Cn1nc(-c2cn([C@@H]3O[C@H](COP(=O)(O)OP(=O)(O)OP(=O)(O)O)[C@@H](O)[C@@]3(C)O)c3ncnc(N)c23)[n+](C)n1.Cn1nnc(-c2cn([C@@H]3O[C@H](COP(=O)(O)OP(=O)(O)OP(=O)(O)O)[C@@H](O)[C@@]3(C)O)c3ncnc(N)c23)n1. The molecule has 426 valence electrons. The Bertz CT molecular complexity index is 3510. The van der Waals surface area contributed by atoms with E-state index in [0.29, 0.717) is 22.3 Å². The third-order valence-electron chi connectivity index (χ3n) is 10.7. The first-order chi connectivity index (χ1) is 35.2. The minimum Gasteiger partial charge on any atom is -0.387 e. The smallest absolute Gasteiger partial charge is 0.387 e. The van der Waals surface area contributed by atoms with Crippen molar-refractivity contribution < 1.29 is 127 Å². The fourth-order valence-corrected chi connectivity index (χ4v) is 13.7. The number of aryl methyl sites for hydroxylation is 3. The molecule has 48 heteroatoms. The molecule has 0 aromatic carbocycles. The molecule has 6 aromatic heterocycles. The van der Waals surface area contributed by atoms with Gasteiger partial charge in [-0.05, 0) is 23.9 Å². The average molecular weight is 1220 g/mol. The normalized spacial score (nSPS) is 27.2. The number of nitrogen functional groups attached to an aromatic ring is 2. The lowest BCUT2D eigenvalue weighted by Gasteiger charge is -2.27. The van der Waals surface area contributed by atoms with Gasteiger partial charge in [0.1, 0.15) is 78.3 Å². The van der Waals surface area contributed by atoms with Crippen LogP contribution in [-0.4, -0.2) is 173 Å². The number of phosphoric acid groups is 6. The predicted octanol–water partition coefficient (Wildman–Crippen LogP) is -3.46. The van der Waals surface area contributed by atoms with Crippen LogP contribution >= 0.6 is 46.9 Å². The van der Waals surface area contributed by atoms with Crippen LogP contribution in [-0.2, 0) is 84.3 Å². The van der Waals surface area contributed by atoms with Gasteiger partial charge in [0, 0.05) is 12.4 Å². The number of aromatic nitrogens is 14. The molecule has 12 atom stereocenters. The van der Waals surface area contributed by atoms with Crippen molar-refractivity contribution in [2.75, 3.05) is 24.7 Å². The van der Waals surface area contributed by atoms with Crippen LogP contribution in [0.5, 0.6) is 0 Å². The van der Waals surface area contributed by atoms with E-state index in [1.807, 2.05) is 0 Å². The second kappa shape index (κ2) is 21.2. The van der Waals surface area contributed by atoms with Crippen molar-refractivity contribution in [3.63, 3.8) is 0 Å². The van der Waals surface area contributed by atoms with E-state index in [1.165, 1.54) is 56.7 Å². The molecule has 2 fully saturated rings. The standard InChI is InChI=1S/C15H23N8O13P3.C14H21N8O13P3/c1-15(25)10(24)8(5-33-38(29,30)36-39(31,32)35-37(26,27)28)34-14(15)23-4-7(12-19-22(3)20-21(12)2)9-11(16)17-6-18-13(9)23;1-14(24)9(23)7(4-32-37(28,29)35-38(30,31)34-36(25,26)27)33-13(14)22-3-6(11-18-20-21(2)19-11)8-10(15)16-5-17-12(8)22/h4,6,8,10,14,24-25H,5H2,1-3H3,(H5-,16,17,18,26,27,28,29,30,31,32);3,5,7,9,13,23-24H,4H2,1-2H3,(H,28,29)(H,30,31)(H2,15,16,17)(H2,25,26,27)/p+1/t8-,10-,14-,15-;7-,9-,13-,14-/m11/s1. The van der Waals surface area contributed by atoms with Crippen LogP contribution in [0.1, 0.15) is 26.3 Å². The van der Waals surface area contributed by atoms with Gasteiger partial charge in [0.2, 0.25) is 5.82 Å². The van der Waals surface area contributed by atoms with Crippen LogP contribution in [0.2, 0.25) is 0 Å². The number of ether oxygens (including phenoxy) is 2. The number of anilines is 2. The van der Waals surface area contributed by atoms with E-state index in [9.17, 15) is 67.4 Å². The summed E-state index contributed by atoms with van der Waals surface area (Å²) in [5.41, 5.74) is 8.92. The van der Waals surface area contributed by atoms with Gasteiger partial charge in [-0.1, -0.05) is 0 Å². The first-order valence-electron chi connectivity index (χ1n) is 20.6. The molecule has 2 aliphatic rings. The van der Waals surface area contributed by atoms with Crippen molar-refractivity contribution >= 4 is 80.6 Å². The Hall–Kier alpha value is -4.44. The Balaban J connectivity index is 0.000000224. The molecule has 2 aliphatic heterocycles. The second-order valence-electron chi connectivity index (χ2n) is 16.6. The summed E-state index contributed by atoms with van der Waals surface area (Å²) in [5, 5.41) is 64.4. The van der Waals surface area contributed by atoms with Gasteiger partial charge < -0.3 is 89.6 Å². The highest BCUT2D eigenvalue weighted by Gasteiger charge is 2.56. The molecular formula is C29H45N16O26P6+. The van der Waals surface area contributed by atoms with Crippen molar-refractivity contribution in [2.24, 2.45) is 21.1 Å². The minimum absolute atomic E-state index is 0.0265. The van der Waals surface area contributed by atoms with E-state index in [1.54, 1.807) is 14.1 Å². The Morgan fingerprint density at radius 1 is 0.636 bits per heavy atom. The zero-order valence-electron chi connectivity index (χ0n) is 39.4. The number of fused-ring (bicyclic) bond motifs is 2. The third kappa shape index (κ3) is 13.4. The van der Waals surface area contributed by atoms with E-state index in [0.717, 1.165) is 12.7 Å². The Labute approximate surface area is 427 Å². The number of rotatable bonds is 18. The van der Waals surface area contributed by atoms with Crippen LogP contribution in [0.3, 0.4) is 0 Å². The topological polar surface area (TPSA) is 611 Å². The summed E-state index contributed by atoms with van der Waals surface area (Å²) < 4.78 is 108. The number of aliphatic hydroxyl groups excluding tert-OH is 2. The molecule has 8 heterocycles. The fourth-order valence-electron chi connectivity index (χ4n) is 7.69. The zero-order valence-corrected chi connectivity index (χ0v) is 44.7. The first kappa shape index (κ1) is 60.2. The van der Waals surface area contributed by atoms with Crippen molar-refractivity contribution in [1.29, 1.82) is 0 Å². The number of tetrazole rings is 2. The van der Waals surface area contributed by atoms with Gasteiger partial charge in [0.05, 0.1) is 59.5 Å². The van der Waals surface area contributed by atoms with E-state index < -0.39 is 108 Å². The Morgan fingerprint density at radius 3 is 1.43 bits per heavy atom. The molecule has 0 amide bonds. The number of phosphoric ester groups is 2. The van der Waals surface area contributed by atoms with Gasteiger partial charge >= 0.3 is 52.8 Å². The van der Waals surface area contributed by atoms with E-state index >= 15 is 0 Å². The number of nitrogens with zero attached hydrogens (tertiary/aromatic N) is 14. The van der Waals surface area contributed by atoms with Crippen LogP contribution in [0.25, 0.3) is 44.8 Å². The molecule has 0 bridgehead atoms. The highest BCUT2D eigenvalue weighted by molar-refractivity contribution is 7.67. The molecule has 0 aliphatic carbocycles. The fraction of sp³-hybridized carbons (Fsp3) is 0.517. The average Bonchev–Trinajstić information content (AvgIpc) is 4.10. The van der Waals surface area contributed by atoms with Crippen molar-refractivity contribution in [3.8, 4) is 22.8 Å². The maximum Gasteiger partial charge on any atom is 0.490 e. The minimum atomic E-state index is -5.76. The molecule has 0 saturated carbocycles.